The van der Waals surface area contributed by atoms with Crippen LogP contribution in [-0.4, -0.2) is 12.5 Å². The third-order valence-electron chi connectivity index (χ3n) is 3.12. The Bertz CT molecular complexity index is 336. The molecular formula is C14H19ClO. The highest BCUT2D eigenvalue weighted by Crippen LogP contribution is 2.25. The molecule has 0 atom stereocenters. The van der Waals surface area contributed by atoms with Gasteiger partial charge >= 0.3 is 0 Å². The number of ether oxygens (including phenoxy) is 1. The van der Waals surface area contributed by atoms with Crippen molar-refractivity contribution < 1.29 is 4.74 Å². The number of alkyl halides is 1. The molecule has 0 bridgehead atoms. The van der Waals surface area contributed by atoms with E-state index in [2.05, 4.69) is 18.2 Å². The van der Waals surface area contributed by atoms with Crippen molar-refractivity contribution in [2.75, 3.05) is 12.5 Å². The summed E-state index contributed by atoms with van der Waals surface area (Å²) in [6, 6.07) is 6.55. The Hall–Kier alpha value is -0.690. The van der Waals surface area contributed by atoms with Gasteiger partial charge in [-0.25, -0.2) is 0 Å². The second-order valence-electron chi connectivity index (χ2n) is 4.38. The van der Waals surface area contributed by atoms with Gasteiger partial charge in [0, 0.05) is 5.88 Å². The summed E-state index contributed by atoms with van der Waals surface area (Å²) < 4.78 is 5.72. The number of benzene rings is 1. The summed E-state index contributed by atoms with van der Waals surface area (Å²) >= 11 is 5.62. The van der Waals surface area contributed by atoms with Gasteiger partial charge in [-0.15, -0.1) is 11.6 Å². The first-order chi connectivity index (χ1) is 7.90. The van der Waals surface area contributed by atoms with Crippen LogP contribution in [0.5, 0.6) is 5.75 Å². The molecule has 1 aromatic rings. The van der Waals surface area contributed by atoms with Crippen LogP contribution in [0.4, 0.5) is 0 Å². The predicted molar refractivity (Wildman–Crippen MR) is 68.5 cm³/mol. The van der Waals surface area contributed by atoms with Gasteiger partial charge in [-0.05, 0) is 61.8 Å². The van der Waals surface area contributed by atoms with Crippen molar-refractivity contribution >= 4 is 11.6 Å². The quantitative estimate of drug-likeness (QED) is 0.557. The van der Waals surface area contributed by atoms with E-state index < -0.39 is 0 Å². The van der Waals surface area contributed by atoms with E-state index in [1.165, 1.54) is 36.8 Å². The van der Waals surface area contributed by atoms with Crippen molar-refractivity contribution in [3.8, 4) is 5.75 Å². The lowest BCUT2D eigenvalue weighted by molar-refractivity contribution is 0.309. The van der Waals surface area contributed by atoms with E-state index in [0.29, 0.717) is 0 Å². The summed E-state index contributed by atoms with van der Waals surface area (Å²) in [6.45, 7) is 0.783. The zero-order valence-electron chi connectivity index (χ0n) is 9.68. The maximum absolute atomic E-state index is 5.72. The Morgan fingerprint density at radius 3 is 2.69 bits per heavy atom. The second-order valence-corrected chi connectivity index (χ2v) is 4.76. The molecule has 0 fully saturated rings. The third-order valence-corrected chi connectivity index (χ3v) is 3.38. The number of fused-ring (bicyclic) bond motifs is 1. The average Bonchev–Trinajstić information content (AvgIpc) is 2.34. The molecule has 0 spiro atoms. The minimum Gasteiger partial charge on any atom is -0.494 e. The van der Waals surface area contributed by atoms with E-state index in [-0.39, 0.29) is 0 Å². The third kappa shape index (κ3) is 3.15. The van der Waals surface area contributed by atoms with Gasteiger partial charge in [-0.3, -0.25) is 0 Å². The van der Waals surface area contributed by atoms with Crippen LogP contribution >= 0.6 is 11.6 Å². The van der Waals surface area contributed by atoms with Crippen molar-refractivity contribution in [1.29, 1.82) is 0 Å². The van der Waals surface area contributed by atoms with Gasteiger partial charge < -0.3 is 4.74 Å². The lowest BCUT2D eigenvalue weighted by atomic mass is 9.92. The fraction of sp³-hybridized carbons (Fsp3) is 0.571. The molecule has 0 heterocycles. The first-order valence-corrected chi connectivity index (χ1v) is 6.74. The monoisotopic (exact) mass is 238 g/mol. The molecular weight excluding hydrogens is 220 g/mol. The van der Waals surface area contributed by atoms with E-state index in [1.54, 1.807) is 0 Å². The van der Waals surface area contributed by atoms with Gasteiger partial charge in [0.2, 0.25) is 0 Å². The number of aryl methyl sites for hydroxylation is 2. The summed E-state index contributed by atoms with van der Waals surface area (Å²) in [4.78, 5) is 0. The molecule has 0 aromatic heterocycles. The molecule has 1 aliphatic rings. The number of rotatable bonds is 5. The van der Waals surface area contributed by atoms with Gasteiger partial charge in [0.1, 0.15) is 5.75 Å². The van der Waals surface area contributed by atoms with Crippen LogP contribution in [-0.2, 0) is 12.8 Å². The van der Waals surface area contributed by atoms with Crippen LogP contribution < -0.4 is 4.74 Å². The van der Waals surface area contributed by atoms with Crippen molar-refractivity contribution in [1.82, 2.24) is 0 Å². The molecule has 0 amide bonds. The molecule has 1 nitrogen and oxygen atoms in total. The Kier molecular flexibility index (Phi) is 4.53. The summed E-state index contributed by atoms with van der Waals surface area (Å²) in [6.07, 6.45) is 7.19. The van der Waals surface area contributed by atoms with Crippen molar-refractivity contribution in [3.05, 3.63) is 29.3 Å². The average molecular weight is 239 g/mol. The summed E-state index contributed by atoms with van der Waals surface area (Å²) in [5.41, 5.74) is 3.00. The normalized spacial score (nSPS) is 14.6. The maximum atomic E-state index is 5.72. The second kappa shape index (κ2) is 6.15. The van der Waals surface area contributed by atoms with Crippen LogP contribution in [0.3, 0.4) is 0 Å². The van der Waals surface area contributed by atoms with E-state index >= 15 is 0 Å². The smallest absolute Gasteiger partial charge is 0.119 e. The van der Waals surface area contributed by atoms with Gasteiger partial charge in [-0.1, -0.05) is 6.07 Å². The van der Waals surface area contributed by atoms with Gasteiger partial charge in [0.25, 0.3) is 0 Å². The molecule has 0 unspecified atom stereocenters. The summed E-state index contributed by atoms with van der Waals surface area (Å²) in [7, 11) is 0. The van der Waals surface area contributed by atoms with Crippen LogP contribution in [0.25, 0.3) is 0 Å². The Morgan fingerprint density at radius 1 is 1.06 bits per heavy atom. The molecule has 0 saturated carbocycles. The fourth-order valence-corrected chi connectivity index (χ4v) is 2.38. The molecule has 2 rings (SSSR count). The van der Waals surface area contributed by atoms with Crippen molar-refractivity contribution in [3.63, 3.8) is 0 Å². The van der Waals surface area contributed by atoms with Crippen molar-refractivity contribution in [2.24, 2.45) is 0 Å². The first-order valence-electron chi connectivity index (χ1n) is 6.21. The Balaban J connectivity index is 1.90. The summed E-state index contributed by atoms with van der Waals surface area (Å²) in [5.74, 6) is 1.75. The molecule has 0 radical (unpaired) electrons. The zero-order valence-corrected chi connectivity index (χ0v) is 10.4. The van der Waals surface area contributed by atoms with E-state index in [4.69, 9.17) is 16.3 Å². The molecule has 0 aliphatic heterocycles. The maximum Gasteiger partial charge on any atom is 0.119 e. The molecule has 1 aromatic carbocycles. The van der Waals surface area contributed by atoms with Gasteiger partial charge in [0.05, 0.1) is 6.61 Å². The van der Waals surface area contributed by atoms with E-state index in [9.17, 15) is 0 Å². The van der Waals surface area contributed by atoms with Gasteiger partial charge in [0.15, 0.2) is 0 Å². The minimum absolute atomic E-state index is 0.730. The highest BCUT2D eigenvalue weighted by molar-refractivity contribution is 6.17. The van der Waals surface area contributed by atoms with E-state index in [0.717, 1.165) is 31.1 Å². The standard InChI is InChI=1S/C14H19ClO/c15-9-3-4-10-16-14-8-7-12-5-1-2-6-13(12)11-14/h7-8,11H,1-6,9-10H2. The zero-order chi connectivity index (χ0) is 11.2. The van der Waals surface area contributed by atoms with E-state index in [1.807, 2.05) is 0 Å². The number of hydrogen-bond donors (Lipinski definition) is 0. The Morgan fingerprint density at radius 2 is 1.88 bits per heavy atom. The fourth-order valence-electron chi connectivity index (χ4n) is 2.19. The highest BCUT2D eigenvalue weighted by atomic mass is 35.5. The van der Waals surface area contributed by atoms with Crippen LogP contribution in [0.2, 0.25) is 0 Å². The topological polar surface area (TPSA) is 9.23 Å². The Labute approximate surface area is 103 Å². The van der Waals surface area contributed by atoms with Crippen LogP contribution in [0.1, 0.15) is 36.8 Å². The number of unbranched alkanes of at least 4 members (excludes halogenated alkanes) is 1. The molecule has 1 aliphatic carbocycles. The largest absolute Gasteiger partial charge is 0.494 e. The summed E-state index contributed by atoms with van der Waals surface area (Å²) in [5, 5.41) is 0. The first kappa shape index (κ1) is 11.8. The number of hydrogen-bond acceptors (Lipinski definition) is 1. The van der Waals surface area contributed by atoms with Crippen LogP contribution in [0.15, 0.2) is 18.2 Å². The number of halogens is 1. The molecule has 2 heteroatoms. The highest BCUT2D eigenvalue weighted by Gasteiger charge is 2.09. The lowest BCUT2D eigenvalue weighted by Crippen LogP contribution is -2.04. The molecule has 0 N–H and O–H groups in total. The van der Waals surface area contributed by atoms with Gasteiger partial charge in [-0.2, -0.15) is 0 Å². The lowest BCUT2D eigenvalue weighted by Gasteiger charge is -2.16. The SMILES string of the molecule is ClCCCCOc1ccc2c(c1)CCCC2. The van der Waals surface area contributed by atoms with Crippen LogP contribution in [0, 0.1) is 0 Å². The molecule has 88 valence electrons. The molecule has 16 heavy (non-hydrogen) atoms. The predicted octanol–water partition coefficient (Wildman–Crippen LogP) is 3.96. The van der Waals surface area contributed by atoms with Crippen molar-refractivity contribution in [2.45, 2.75) is 38.5 Å². The minimum atomic E-state index is 0.730. The molecule has 0 saturated heterocycles.